The van der Waals surface area contributed by atoms with Crippen molar-refractivity contribution in [1.29, 1.82) is 0 Å². The van der Waals surface area contributed by atoms with Gasteiger partial charge in [-0.2, -0.15) is 0 Å². The van der Waals surface area contributed by atoms with E-state index in [1.807, 2.05) is 0 Å². The van der Waals surface area contributed by atoms with Gasteiger partial charge in [0.15, 0.2) is 0 Å². The second-order valence-electron chi connectivity index (χ2n) is 7.13. The van der Waals surface area contributed by atoms with Gasteiger partial charge in [0.2, 0.25) is 11.8 Å². The molecule has 3 atom stereocenters. The summed E-state index contributed by atoms with van der Waals surface area (Å²) in [5.74, 6) is -0.645. The van der Waals surface area contributed by atoms with Crippen LogP contribution < -0.4 is 5.32 Å². The molecule has 2 aliphatic heterocycles. The number of amides is 2. The number of carbonyl (C=O) groups is 2. The van der Waals surface area contributed by atoms with Crippen LogP contribution in [0.2, 0.25) is 10.0 Å². The molecule has 2 amide bonds. The van der Waals surface area contributed by atoms with Crippen LogP contribution in [0.15, 0.2) is 17.0 Å². The van der Waals surface area contributed by atoms with Crippen LogP contribution in [0.5, 0.6) is 0 Å². The highest BCUT2D eigenvalue weighted by Crippen LogP contribution is 2.49. The molecule has 26 heavy (non-hydrogen) atoms. The van der Waals surface area contributed by atoms with Crippen LogP contribution in [0.1, 0.15) is 19.3 Å². The molecule has 2 fully saturated rings. The van der Waals surface area contributed by atoms with E-state index in [0.29, 0.717) is 35.2 Å². The molecule has 1 spiro atoms. The molecule has 140 valence electrons. The molecule has 0 radical (unpaired) electrons. The first kappa shape index (κ1) is 18.4. The topological polar surface area (TPSA) is 89.9 Å². The van der Waals surface area contributed by atoms with E-state index in [1.165, 1.54) is 11.8 Å². The van der Waals surface area contributed by atoms with Gasteiger partial charge in [-0.25, -0.2) is 0 Å². The van der Waals surface area contributed by atoms with Crippen molar-refractivity contribution in [3.8, 4) is 0 Å². The fourth-order valence-electron chi connectivity index (χ4n) is 3.90. The molecule has 1 saturated heterocycles. The smallest absolute Gasteiger partial charge is 0.242 e. The largest absolute Gasteiger partial charge is 0.390 e. The molecule has 2 heterocycles. The Morgan fingerprint density at radius 3 is 2.58 bits per heavy atom. The van der Waals surface area contributed by atoms with Gasteiger partial charge >= 0.3 is 0 Å². The Kier molecular flexibility index (Phi) is 4.64. The maximum absolute atomic E-state index is 12.7. The van der Waals surface area contributed by atoms with E-state index in [9.17, 15) is 19.8 Å². The number of halogens is 2. The number of thioether (sulfide) groups is 1. The highest BCUT2D eigenvalue weighted by atomic mass is 35.5. The van der Waals surface area contributed by atoms with Crippen LogP contribution in [-0.4, -0.2) is 57.0 Å². The lowest BCUT2D eigenvalue weighted by molar-refractivity contribution is -0.134. The predicted molar refractivity (Wildman–Crippen MR) is 99.6 cm³/mol. The molecular formula is C17H18Cl2N2O4S. The van der Waals surface area contributed by atoms with Crippen molar-refractivity contribution in [1.82, 2.24) is 4.90 Å². The third-order valence-electron chi connectivity index (χ3n) is 5.38. The van der Waals surface area contributed by atoms with Crippen molar-refractivity contribution in [2.75, 3.05) is 18.4 Å². The molecule has 1 aromatic rings. The molecule has 0 aromatic heterocycles. The normalized spacial score (nSPS) is 31.4. The third kappa shape index (κ3) is 2.99. The molecule has 3 aliphatic rings. The fourth-order valence-corrected chi connectivity index (χ4v) is 5.66. The Morgan fingerprint density at radius 2 is 1.88 bits per heavy atom. The summed E-state index contributed by atoms with van der Waals surface area (Å²) in [7, 11) is 0. The Hall–Kier alpha value is -0.990. The van der Waals surface area contributed by atoms with Crippen LogP contribution in [0, 0.1) is 5.92 Å². The van der Waals surface area contributed by atoms with E-state index in [-0.39, 0.29) is 24.7 Å². The molecule has 3 N–H and O–H groups in total. The lowest BCUT2D eigenvalue weighted by atomic mass is 10.1. The number of likely N-dealkylation sites (tertiary alicyclic amines) is 1. The van der Waals surface area contributed by atoms with Gasteiger partial charge in [0.25, 0.3) is 0 Å². The quantitative estimate of drug-likeness (QED) is 0.652. The van der Waals surface area contributed by atoms with E-state index < -0.39 is 22.9 Å². The summed E-state index contributed by atoms with van der Waals surface area (Å²) >= 11 is 13.5. The van der Waals surface area contributed by atoms with E-state index >= 15 is 0 Å². The summed E-state index contributed by atoms with van der Waals surface area (Å²) in [5, 5.41) is 23.1. The number of anilines is 1. The third-order valence-corrected chi connectivity index (χ3v) is 7.57. The summed E-state index contributed by atoms with van der Waals surface area (Å²) < 4.78 is -0.754. The monoisotopic (exact) mass is 416 g/mol. The molecular weight excluding hydrogens is 399 g/mol. The van der Waals surface area contributed by atoms with Crippen molar-refractivity contribution < 1.29 is 19.8 Å². The zero-order valence-electron chi connectivity index (χ0n) is 13.7. The Labute approximate surface area is 164 Å². The van der Waals surface area contributed by atoms with Crippen LogP contribution in [-0.2, 0) is 9.59 Å². The molecule has 0 bridgehead atoms. The van der Waals surface area contributed by atoms with Gasteiger partial charge in [0.1, 0.15) is 4.75 Å². The number of nitrogens with zero attached hydrogens (tertiary/aromatic N) is 1. The summed E-state index contributed by atoms with van der Waals surface area (Å²) in [6.07, 6.45) is -0.648. The van der Waals surface area contributed by atoms with E-state index in [0.717, 1.165) is 4.90 Å². The lowest BCUT2D eigenvalue weighted by Crippen LogP contribution is -2.46. The average molecular weight is 417 g/mol. The van der Waals surface area contributed by atoms with Gasteiger partial charge in [-0.1, -0.05) is 23.2 Å². The standard InChI is InChI=1S/C17H18Cl2N2O4S/c18-9-5-11-14(6-10(9)19)26-17(16(25)20-11)1-2-21(7-17)15(24)8-3-12(22)13(23)4-8/h5-6,8,12-13,22-23H,1-4,7H2,(H,20,25)/t12-,13-,17+/m1/s1. The highest BCUT2D eigenvalue weighted by Gasteiger charge is 2.51. The van der Waals surface area contributed by atoms with Crippen LogP contribution in [0.25, 0.3) is 0 Å². The van der Waals surface area contributed by atoms with Gasteiger partial charge < -0.3 is 20.4 Å². The average Bonchev–Trinajstić information content (AvgIpc) is 3.15. The molecule has 9 heteroatoms. The van der Waals surface area contributed by atoms with Crippen LogP contribution in [0.3, 0.4) is 0 Å². The predicted octanol–water partition coefficient (Wildman–Crippen LogP) is 2.14. The first-order valence-corrected chi connectivity index (χ1v) is 10.0. The molecule has 4 rings (SSSR count). The van der Waals surface area contributed by atoms with Gasteiger partial charge in [0, 0.05) is 23.9 Å². The van der Waals surface area contributed by atoms with Gasteiger partial charge in [-0.15, -0.1) is 11.8 Å². The minimum absolute atomic E-state index is 0.106. The number of aliphatic hydroxyl groups excluding tert-OH is 2. The second-order valence-corrected chi connectivity index (χ2v) is 9.37. The number of fused-ring (bicyclic) bond motifs is 1. The maximum atomic E-state index is 12.7. The number of hydrogen-bond acceptors (Lipinski definition) is 5. The van der Waals surface area contributed by atoms with Crippen molar-refractivity contribution >= 4 is 52.5 Å². The maximum Gasteiger partial charge on any atom is 0.242 e. The van der Waals surface area contributed by atoms with Crippen LogP contribution >= 0.6 is 35.0 Å². The SMILES string of the molecule is O=C(C1C[C@@H](O)[C@H](O)C1)N1CC[C@@]2(C1)Sc1cc(Cl)c(Cl)cc1NC2=O. The number of nitrogens with one attached hydrogen (secondary N) is 1. The van der Waals surface area contributed by atoms with E-state index in [1.54, 1.807) is 17.0 Å². The minimum atomic E-state index is -0.855. The number of hydrogen-bond donors (Lipinski definition) is 3. The first-order chi connectivity index (χ1) is 12.3. The molecule has 1 aliphatic carbocycles. The van der Waals surface area contributed by atoms with Crippen molar-refractivity contribution in [3.63, 3.8) is 0 Å². The summed E-state index contributed by atoms with van der Waals surface area (Å²) in [5.41, 5.74) is 0.631. The van der Waals surface area contributed by atoms with E-state index in [2.05, 4.69) is 5.32 Å². The van der Waals surface area contributed by atoms with Gasteiger partial charge in [-0.3, -0.25) is 9.59 Å². The number of rotatable bonds is 1. The van der Waals surface area contributed by atoms with Crippen molar-refractivity contribution in [2.45, 2.75) is 41.1 Å². The van der Waals surface area contributed by atoms with Crippen molar-refractivity contribution in [3.05, 3.63) is 22.2 Å². The summed E-state index contributed by atoms with van der Waals surface area (Å²) in [6, 6.07) is 3.37. The van der Waals surface area contributed by atoms with Crippen molar-refractivity contribution in [2.24, 2.45) is 5.92 Å². The molecule has 1 saturated carbocycles. The molecule has 1 aromatic carbocycles. The lowest BCUT2D eigenvalue weighted by Gasteiger charge is -2.33. The highest BCUT2D eigenvalue weighted by molar-refractivity contribution is 8.01. The Bertz CT molecular complexity index is 782. The Balaban J connectivity index is 1.53. The van der Waals surface area contributed by atoms with Gasteiger partial charge in [0.05, 0.1) is 27.9 Å². The minimum Gasteiger partial charge on any atom is -0.390 e. The zero-order chi connectivity index (χ0) is 18.6. The number of aliphatic hydroxyl groups is 2. The zero-order valence-corrected chi connectivity index (χ0v) is 16.1. The fraction of sp³-hybridized carbons (Fsp3) is 0.529. The summed E-state index contributed by atoms with van der Waals surface area (Å²) in [6.45, 7) is 0.767. The molecule has 0 unspecified atom stereocenters. The van der Waals surface area contributed by atoms with E-state index in [4.69, 9.17) is 23.2 Å². The first-order valence-electron chi connectivity index (χ1n) is 8.43. The Morgan fingerprint density at radius 1 is 1.23 bits per heavy atom. The number of benzene rings is 1. The second kappa shape index (κ2) is 6.56. The number of carbonyl (C=O) groups excluding carboxylic acids is 2. The van der Waals surface area contributed by atoms with Gasteiger partial charge in [-0.05, 0) is 31.4 Å². The summed E-state index contributed by atoms with van der Waals surface area (Å²) in [4.78, 5) is 28.0. The molecule has 6 nitrogen and oxygen atoms in total. The van der Waals surface area contributed by atoms with Crippen LogP contribution in [0.4, 0.5) is 5.69 Å².